The summed E-state index contributed by atoms with van der Waals surface area (Å²) in [5.41, 5.74) is 9.50. The van der Waals surface area contributed by atoms with E-state index in [2.05, 4.69) is 132 Å². The molecule has 0 bridgehead atoms. The molecular formula is C47H28N2O2S. The number of hydrogen-bond acceptors (Lipinski definition) is 5. The molecule has 3 heterocycles. The second-order valence-corrected chi connectivity index (χ2v) is 14.2. The highest BCUT2D eigenvalue weighted by atomic mass is 32.1. The van der Waals surface area contributed by atoms with Crippen molar-refractivity contribution in [2.24, 2.45) is 0 Å². The van der Waals surface area contributed by atoms with Crippen LogP contribution in [0.3, 0.4) is 0 Å². The first-order chi connectivity index (χ1) is 25.7. The first-order valence-electron chi connectivity index (χ1n) is 17.4. The summed E-state index contributed by atoms with van der Waals surface area (Å²) < 4.78 is 15.4. The van der Waals surface area contributed by atoms with E-state index in [1.54, 1.807) is 0 Å². The van der Waals surface area contributed by atoms with E-state index in [1.807, 2.05) is 53.8 Å². The lowest BCUT2D eigenvalue weighted by Gasteiger charge is -2.26. The molecule has 0 aliphatic heterocycles. The Bertz CT molecular complexity index is 3150. The molecule has 3 aromatic heterocycles. The van der Waals surface area contributed by atoms with Gasteiger partial charge in [0.05, 0.1) is 0 Å². The van der Waals surface area contributed by atoms with Crippen LogP contribution in [-0.4, -0.2) is 4.98 Å². The van der Waals surface area contributed by atoms with Crippen molar-refractivity contribution in [1.82, 2.24) is 4.98 Å². The summed E-state index contributed by atoms with van der Waals surface area (Å²) in [5.74, 6) is 0.579. The van der Waals surface area contributed by atoms with E-state index in [9.17, 15) is 0 Å². The highest BCUT2D eigenvalue weighted by Crippen LogP contribution is 2.43. The summed E-state index contributed by atoms with van der Waals surface area (Å²) in [6.07, 6.45) is 0. The van der Waals surface area contributed by atoms with E-state index in [1.165, 1.54) is 30.9 Å². The summed E-state index contributed by atoms with van der Waals surface area (Å²) in [6.45, 7) is 0. The Morgan fingerprint density at radius 1 is 0.462 bits per heavy atom. The van der Waals surface area contributed by atoms with Crippen LogP contribution in [0.1, 0.15) is 0 Å². The summed E-state index contributed by atoms with van der Waals surface area (Å²) in [6, 6.07) is 59.8. The zero-order valence-electron chi connectivity index (χ0n) is 27.8. The SMILES string of the molecule is c1ccc2cc(N(c3ccc(-c4cccc5nc(-c6cccc7oc8ccccc8c67)oc45)cc3)c3ccc4sc5ccccc5c4c3)ccc2c1. The monoisotopic (exact) mass is 684 g/mol. The van der Waals surface area contributed by atoms with E-state index < -0.39 is 0 Å². The third kappa shape index (κ3) is 4.57. The number of furan rings is 1. The molecule has 0 amide bonds. The molecule has 5 heteroatoms. The molecule has 52 heavy (non-hydrogen) atoms. The quantitative estimate of drug-likeness (QED) is 0.181. The second kappa shape index (κ2) is 11.4. The fourth-order valence-electron chi connectivity index (χ4n) is 7.65. The molecule has 0 saturated carbocycles. The molecule has 0 unspecified atom stereocenters. The van der Waals surface area contributed by atoms with E-state index >= 15 is 0 Å². The fourth-order valence-corrected chi connectivity index (χ4v) is 8.74. The van der Waals surface area contributed by atoms with Crippen molar-refractivity contribution >= 4 is 92.4 Å². The van der Waals surface area contributed by atoms with Crippen LogP contribution in [0.4, 0.5) is 17.1 Å². The van der Waals surface area contributed by atoms with Crippen LogP contribution >= 0.6 is 11.3 Å². The first-order valence-corrected chi connectivity index (χ1v) is 18.2. The molecule has 0 saturated heterocycles. The second-order valence-electron chi connectivity index (χ2n) is 13.1. The number of anilines is 3. The molecule has 0 radical (unpaired) electrons. The Labute approximate surface area is 302 Å². The molecular weight excluding hydrogens is 657 g/mol. The van der Waals surface area contributed by atoms with Gasteiger partial charge in [-0.1, -0.05) is 97.1 Å². The maximum Gasteiger partial charge on any atom is 0.228 e. The lowest BCUT2D eigenvalue weighted by atomic mass is 10.0. The number of nitrogens with zero attached hydrogens (tertiary/aromatic N) is 2. The van der Waals surface area contributed by atoms with Gasteiger partial charge in [0.1, 0.15) is 16.7 Å². The predicted molar refractivity (Wildman–Crippen MR) is 217 cm³/mol. The molecule has 11 rings (SSSR count). The number of thiophene rings is 1. The number of benzene rings is 8. The summed E-state index contributed by atoms with van der Waals surface area (Å²) in [5, 5.41) is 7.04. The lowest BCUT2D eigenvalue weighted by Crippen LogP contribution is -2.09. The van der Waals surface area contributed by atoms with Crippen LogP contribution in [0.25, 0.3) is 86.6 Å². The van der Waals surface area contributed by atoms with Gasteiger partial charge >= 0.3 is 0 Å². The van der Waals surface area contributed by atoms with Gasteiger partial charge in [0, 0.05) is 59.1 Å². The van der Waals surface area contributed by atoms with Crippen molar-refractivity contribution < 1.29 is 8.83 Å². The Morgan fingerprint density at radius 2 is 1.15 bits per heavy atom. The van der Waals surface area contributed by atoms with Gasteiger partial charge in [0.25, 0.3) is 0 Å². The third-order valence-electron chi connectivity index (χ3n) is 10.1. The summed E-state index contributed by atoms with van der Waals surface area (Å²) in [4.78, 5) is 7.33. The van der Waals surface area contributed by atoms with Crippen LogP contribution in [0, 0.1) is 0 Å². The van der Waals surface area contributed by atoms with E-state index in [4.69, 9.17) is 13.8 Å². The lowest BCUT2D eigenvalue weighted by molar-refractivity contribution is 0.621. The van der Waals surface area contributed by atoms with Crippen molar-refractivity contribution in [3.8, 4) is 22.6 Å². The van der Waals surface area contributed by atoms with Gasteiger partial charge < -0.3 is 13.7 Å². The third-order valence-corrected chi connectivity index (χ3v) is 11.2. The van der Waals surface area contributed by atoms with Crippen molar-refractivity contribution in [2.45, 2.75) is 0 Å². The van der Waals surface area contributed by atoms with Crippen molar-refractivity contribution in [3.05, 3.63) is 170 Å². The minimum Gasteiger partial charge on any atom is -0.456 e. The van der Waals surface area contributed by atoms with Gasteiger partial charge in [-0.15, -0.1) is 11.3 Å². The van der Waals surface area contributed by atoms with E-state index in [0.29, 0.717) is 5.89 Å². The normalized spacial score (nSPS) is 11.8. The van der Waals surface area contributed by atoms with E-state index in [0.717, 1.165) is 66.8 Å². The number of fused-ring (bicyclic) bond motifs is 8. The number of hydrogen-bond donors (Lipinski definition) is 0. The van der Waals surface area contributed by atoms with Crippen LogP contribution in [0.5, 0.6) is 0 Å². The van der Waals surface area contributed by atoms with Crippen LogP contribution in [0.2, 0.25) is 0 Å². The minimum atomic E-state index is 0.579. The Kier molecular flexibility index (Phi) is 6.39. The fraction of sp³-hybridized carbons (Fsp3) is 0. The van der Waals surface area contributed by atoms with Crippen molar-refractivity contribution in [2.75, 3.05) is 4.90 Å². The minimum absolute atomic E-state index is 0.579. The predicted octanol–water partition coefficient (Wildman–Crippen LogP) is 14.1. The molecule has 0 N–H and O–H groups in total. The highest BCUT2D eigenvalue weighted by molar-refractivity contribution is 7.25. The maximum atomic E-state index is 6.63. The van der Waals surface area contributed by atoms with Crippen molar-refractivity contribution in [1.29, 1.82) is 0 Å². The number of rotatable bonds is 5. The Morgan fingerprint density at radius 3 is 2.08 bits per heavy atom. The molecule has 0 aliphatic rings. The highest BCUT2D eigenvalue weighted by Gasteiger charge is 2.20. The molecule has 0 aliphatic carbocycles. The van der Waals surface area contributed by atoms with Crippen LogP contribution in [-0.2, 0) is 0 Å². The zero-order chi connectivity index (χ0) is 34.2. The molecule has 244 valence electrons. The number of para-hydroxylation sites is 2. The Balaban J connectivity index is 1.03. The number of aromatic nitrogens is 1. The first kappa shape index (κ1) is 29.1. The summed E-state index contributed by atoms with van der Waals surface area (Å²) >= 11 is 1.84. The average molecular weight is 685 g/mol. The van der Waals surface area contributed by atoms with Gasteiger partial charge in [-0.3, -0.25) is 0 Å². The van der Waals surface area contributed by atoms with Gasteiger partial charge in [-0.2, -0.15) is 0 Å². The smallest absolute Gasteiger partial charge is 0.228 e. The topological polar surface area (TPSA) is 42.4 Å². The number of oxazole rings is 1. The van der Waals surface area contributed by atoms with Gasteiger partial charge in [-0.05, 0) is 89.1 Å². The Hall–Kier alpha value is -6.69. The molecule has 11 aromatic rings. The van der Waals surface area contributed by atoms with Crippen molar-refractivity contribution in [3.63, 3.8) is 0 Å². The molecule has 0 fully saturated rings. The average Bonchev–Trinajstić information content (AvgIpc) is 3.92. The maximum absolute atomic E-state index is 6.63. The standard InChI is InChI=1S/C47H28N2O2S/c1-2-10-31-27-33(24-19-29(31)9-1)49(34-25-26-44-39(28-34)36-11-4-6-18-43(36)52-44)32-22-20-30(21-23-32)35-13-7-15-40-46(35)51-47(48-40)38-14-8-17-42-45(38)37-12-3-5-16-41(37)50-42/h1-28H. The van der Waals surface area contributed by atoms with Crippen LogP contribution < -0.4 is 4.90 Å². The van der Waals surface area contributed by atoms with E-state index in [-0.39, 0.29) is 0 Å². The zero-order valence-corrected chi connectivity index (χ0v) is 28.6. The largest absolute Gasteiger partial charge is 0.456 e. The molecule has 4 nitrogen and oxygen atoms in total. The molecule has 0 atom stereocenters. The van der Waals surface area contributed by atoms with Gasteiger partial charge in [-0.25, -0.2) is 4.98 Å². The van der Waals surface area contributed by atoms with Gasteiger partial charge in [0.15, 0.2) is 5.58 Å². The molecule has 0 spiro atoms. The van der Waals surface area contributed by atoms with Crippen LogP contribution in [0.15, 0.2) is 179 Å². The summed E-state index contributed by atoms with van der Waals surface area (Å²) in [7, 11) is 0. The molecule has 8 aromatic carbocycles. The van der Waals surface area contributed by atoms with Gasteiger partial charge in [0.2, 0.25) is 5.89 Å².